The van der Waals surface area contributed by atoms with Crippen LogP contribution in [0, 0.1) is 12.8 Å². The number of fused-ring (bicyclic) bond motifs is 4. The van der Waals surface area contributed by atoms with Crippen LogP contribution in [0.4, 0.5) is 5.82 Å². The van der Waals surface area contributed by atoms with Gasteiger partial charge in [-0.15, -0.1) is 0 Å². The van der Waals surface area contributed by atoms with Gasteiger partial charge in [-0.3, -0.25) is 9.20 Å². The maximum Gasteiger partial charge on any atom is 0.260 e. The Kier molecular flexibility index (Phi) is 6.27. The molecule has 0 spiro atoms. The molecule has 13 heteroatoms. The van der Waals surface area contributed by atoms with Gasteiger partial charge in [-0.1, -0.05) is 0 Å². The monoisotopic (exact) mass is 619 g/mol. The number of pyridine rings is 2. The molecule has 12 nitrogen and oxygen atoms in total. The first-order valence-corrected chi connectivity index (χ1v) is 17.0. The minimum absolute atomic E-state index is 0.0256. The molecule has 1 amide bonds. The van der Waals surface area contributed by atoms with E-state index in [9.17, 15) is 13.2 Å². The second kappa shape index (κ2) is 9.91. The number of hydrogen-bond donors (Lipinski definition) is 1. The number of amides is 1. The third-order valence-electron chi connectivity index (χ3n) is 9.82. The van der Waals surface area contributed by atoms with Gasteiger partial charge in [0, 0.05) is 41.7 Å². The molecule has 4 atom stereocenters. The number of carbonyl (C=O) groups is 1. The van der Waals surface area contributed by atoms with E-state index in [1.165, 1.54) is 4.31 Å². The predicted octanol–water partition coefficient (Wildman–Crippen LogP) is 3.29. The molecule has 3 aliphatic heterocycles. The first-order chi connectivity index (χ1) is 21.1. The Balaban J connectivity index is 1.25. The third kappa shape index (κ3) is 4.23. The quantitative estimate of drug-likeness (QED) is 0.347. The summed E-state index contributed by atoms with van der Waals surface area (Å²) in [6.07, 6.45) is 5.06. The van der Waals surface area contributed by atoms with Crippen LogP contribution in [0.2, 0.25) is 0 Å². The molecule has 4 fully saturated rings. The molecule has 7 heterocycles. The molecule has 0 aromatic carbocycles. The van der Waals surface area contributed by atoms with Crippen molar-refractivity contribution in [2.24, 2.45) is 11.7 Å². The molecule has 44 heavy (non-hydrogen) atoms. The Morgan fingerprint density at radius 3 is 2.64 bits per heavy atom. The number of aromatic nitrogens is 4. The number of anilines is 1. The molecular weight excluding hydrogens is 582 g/mol. The van der Waals surface area contributed by atoms with Crippen molar-refractivity contribution in [2.45, 2.75) is 76.7 Å². The third-order valence-corrected chi connectivity index (χ3v) is 11.4. The molecule has 2 bridgehead atoms. The maximum atomic E-state index is 13.8. The number of rotatable bonds is 6. The van der Waals surface area contributed by atoms with Crippen LogP contribution in [0.3, 0.4) is 0 Å². The van der Waals surface area contributed by atoms with Crippen LogP contribution < -0.4 is 14.8 Å². The van der Waals surface area contributed by atoms with Gasteiger partial charge in [0.25, 0.3) is 15.9 Å². The standard InChI is InChI=1S/C31H37N7O5S/c1-17-15-43-16-44(40,41)38(17)26-9-6-20-10-25(35(30(20)34-26)14-19-4-5-19)29-18(2)36-27(33-29)11-21(12-28(36)42-3)31(39)37-22-7-8-24(37)23(32)13-22/h6,9-12,17,19,22-24H,4-5,7-8,13-16,32H2,1-3H3/t17-,22-,23+,24+/m0/s1. The van der Waals surface area contributed by atoms with E-state index in [4.69, 9.17) is 25.2 Å². The minimum Gasteiger partial charge on any atom is -0.482 e. The minimum atomic E-state index is -3.65. The molecule has 1 saturated carbocycles. The van der Waals surface area contributed by atoms with Crippen LogP contribution in [0.25, 0.3) is 28.1 Å². The van der Waals surface area contributed by atoms with Crippen LogP contribution in [0.15, 0.2) is 30.3 Å². The van der Waals surface area contributed by atoms with E-state index in [0.29, 0.717) is 35.4 Å². The fraction of sp³-hybridized carbons (Fsp3) is 0.516. The fourth-order valence-electron chi connectivity index (χ4n) is 7.56. The van der Waals surface area contributed by atoms with Crippen molar-refractivity contribution >= 4 is 38.4 Å². The number of nitrogens with zero attached hydrogens (tertiary/aromatic N) is 6. The average molecular weight is 620 g/mol. The Bertz CT molecular complexity index is 1930. The molecule has 1 aliphatic carbocycles. The second-order valence-corrected chi connectivity index (χ2v) is 14.6. The lowest BCUT2D eigenvalue weighted by Gasteiger charge is -2.33. The topological polar surface area (TPSA) is 137 Å². The van der Waals surface area contributed by atoms with Gasteiger partial charge in [-0.05, 0) is 76.1 Å². The van der Waals surface area contributed by atoms with Gasteiger partial charge >= 0.3 is 0 Å². The van der Waals surface area contributed by atoms with Gasteiger partial charge in [0.1, 0.15) is 22.8 Å². The molecule has 4 aromatic rings. The van der Waals surface area contributed by atoms with Gasteiger partial charge in [0.2, 0.25) is 0 Å². The molecule has 0 unspecified atom stereocenters. The van der Waals surface area contributed by atoms with E-state index in [-0.39, 0.29) is 36.0 Å². The number of hydrogen-bond acceptors (Lipinski definition) is 8. The molecule has 4 aliphatic rings. The number of methoxy groups -OCH3 is 1. The molecule has 0 radical (unpaired) electrons. The maximum absolute atomic E-state index is 13.8. The molecule has 2 N–H and O–H groups in total. The normalized spacial score (nSPS) is 26.3. The summed E-state index contributed by atoms with van der Waals surface area (Å²) >= 11 is 0. The van der Waals surface area contributed by atoms with E-state index >= 15 is 0 Å². The smallest absolute Gasteiger partial charge is 0.260 e. The zero-order chi connectivity index (χ0) is 30.5. The summed E-state index contributed by atoms with van der Waals surface area (Å²) in [5.41, 5.74) is 10.8. The fourth-order valence-corrected chi connectivity index (χ4v) is 8.98. The second-order valence-electron chi connectivity index (χ2n) is 12.8. The summed E-state index contributed by atoms with van der Waals surface area (Å²) in [6.45, 7) is 4.89. The van der Waals surface area contributed by atoms with Crippen LogP contribution >= 0.6 is 0 Å². The highest BCUT2D eigenvalue weighted by atomic mass is 32.2. The zero-order valence-electron chi connectivity index (χ0n) is 25.1. The summed E-state index contributed by atoms with van der Waals surface area (Å²) < 4.78 is 42.5. The van der Waals surface area contributed by atoms with Crippen LogP contribution in [0.1, 0.15) is 55.1 Å². The average Bonchev–Trinajstić information content (AvgIpc) is 3.31. The van der Waals surface area contributed by atoms with Crippen molar-refractivity contribution in [3.63, 3.8) is 0 Å². The number of ether oxygens (including phenoxy) is 2. The summed E-state index contributed by atoms with van der Waals surface area (Å²) in [5.74, 6) is 1.07. The lowest BCUT2D eigenvalue weighted by Crippen LogP contribution is -2.48. The van der Waals surface area contributed by atoms with Gasteiger partial charge in [0.15, 0.2) is 11.8 Å². The predicted molar refractivity (Wildman–Crippen MR) is 165 cm³/mol. The summed E-state index contributed by atoms with van der Waals surface area (Å²) in [4.78, 5) is 25.7. The lowest BCUT2D eigenvalue weighted by molar-refractivity contribution is 0.0726. The highest BCUT2D eigenvalue weighted by molar-refractivity contribution is 7.92. The summed E-state index contributed by atoms with van der Waals surface area (Å²) in [7, 11) is -2.04. The molecule has 3 saturated heterocycles. The highest BCUT2D eigenvalue weighted by Crippen LogP contribution is 2.40. The Hall–Kier alpha value is -3.68. The molecule has 4 aromatic heterocycles. The van der Waals surface area contributed by atoms with Crippen LogP contribution in [-0.4, -0.2) is 82.0 Å². The SMILES string of the molecule is COc1cc(C(=O)N2[C@H]3CC[C@@H]2[C@H](N)C3)cc2nc(-c3cc4ccc(N5[C@@H](C)COCS5(=O)=O)nc4n3CC3CC3)c(C)n12. The Morgan fingerprint density at radius 2 is 1.95 bits per heavy atom. The van der Waals surface area contributed by atoms with Gasteiger partial charge in [0.05, 0.1) is 31.1 Å². The number of nitrogens with two attached hydrogens (primary N) is 1. The molecular formula is C31H37N7O5S. The van der Waals surface area contributed by atoms with E-state index in [2.05, 4.69) is 10.6 Å². The number of imidazole rings is 1. The van der Waals surface area contributed by atoms with Crippen molar-refractivity contribution in [1.29, 1.82) is 0 Å². The summed E-state index contributed by atoms with van der Waals surface area (Å²) in [6, 6.07) is 9.35. The van der Waals surface area contributed by atoms with Crippen molar-refractivity contribution in [3.8, 4) is 17.3 Å². The van der Waals surface area contributed by atoms with Crippen molar-refractivity contribution in [1.82, 2.24) is 23.8 Å². The Labute approximate surface area is 255 Å². The highest BCUT2D eigenvalue weighted by Gasteiger charge is 2.47. The van der Waals surface area contributed by atoms with Crippen LogP contribution in [-0.2, 0) is 21.3 Å². The van der Waals surface area contributed by atoms with E-state index in [0.717, 1.165) is 66.8 Å². The first-order valence-electron chi connectivity index (χ1n) is 15.4. The largest absolute Gasteiger partial charge is 0.482 e. The van der Waals surface area contributed by atoms with Crippen molar-refractivity contribution < 1.29 is 22.7 Å². The van der Waals surface area contributed by atoms with E-state index < -0.39 is 10.0 Å². The number of carbonyl (C=O) groups excluding carboxylic acids is 1. The molecule has 8 rings (SSSR count). The van der Waals surface area contributed by atoms with Crippen molar-refractivity contribution in [3.05, 3.63) is 41.6 Å². The zero-order valence-corrected chi connectivity index (χ0v) is 26.0. The van der Waals surface area contributed by atoms with Gasteiger partial charge < -0.3 is 24.7 Å². The Morgan fingerprint density at radius 1 is 1.14 bits per heavy atom. The van der Waals surface area contributed by atoms with Gasteiger partial charge in [-0.25, -0.2) is 22.7 Å². The first kappa shape index (κ1) is 27.8. The number of sulfonamides is 1. The van der Waals surface area contributed by atoms with Crippen LogP contribution in [0.5, 0.6) is 5.88 Å². The number of aryl methyl sites for hydroxylation is 1. The van der Waals surface area contributed by atoms with Crippen molar-refractivity contribution in [2.75, 3.05) is 24.0 Å². The summed E-state index contributed by atoms with van der Waals surface area (Å²) in [5, 5.41) is 0.905. The molecule has 232 valence electrons. The van der Waals surface area contributed by atoms with Gasteiger partial charge in [-0.2, -0.15) is 0 Å². The lowest BCUT2D eigenvalue weighted by atomic mass is 9.97. The van der Waals surface area contributed by atoms with E-state index in [1.54, 1.807) is 19.2 Å². The van der Waals surface area contributed by atoms with E-state index in [1.807, 2.05) is 35.3 Å².